The van der Waals surface area contributed by atoms with E-state index in [9.17, 15) is 4.79 Å². The predicted octanol–water partition coefficient (Wildman–Crippen LogP) is 4.74. The largest absolute Gasteiger partial charge is 0.492 e. The zero-order valence-corrected chi connectivity index (χ0v) is 20.1. The number of carbonyl (C=O) groups excluding carboxylic acids is 1. The zero-order valence-electron chi connectivity index (χ0n) is 19.3. The first-order valence-corrected chi connectivity index (χ1v) is 11.1. The van der Waals surface area contributed by atoms with Gasteiger partial charge >= 0.3 is 0 Å². The molecule has 0 atom stereocenters. The number of ether oxygens (including phenoxy) is 1. The Morgan fingerprint density at radius 1 is 1.19 bits per heavy atom. The van der Waals surface area contributed by atoms with Crippen molar-refractivity contribution in [1.82, 2.24) is 0 Å². The summed E-state index contributed by atoms with van der Waals surface area (Å²) in [7, 11) is 1.59. The van der Waals surface area contributed by atoms with Gasteiger partial charge < -0.3 is 20.5 Å². The molecule has 7 nitrogen and oxygen atoms in total. The van der Waals surface area contributed by atoms with E-state index in [0.29, 0.717) is 28.4 Å². The second-order valence-corrected chi connectivity index (χ2v) is 9.01. The van der Waals surface area contributed by atoms with E-state index in [4.69, 9.17) is 16.3 Å². The molecule has 0 heterocycles. The van der Waals surface area contributed by atoms with Crippen molar-refractivity contribution < 1.29 is 9.53 Å². The summed E-state index contributed by atoms with van der Waals surface area (Å²) in [6.07, 6.45) is 3.55. The minimum atomic E-state index is -0.262. The minimum absolute atomic E-state index is 0.107. The van der Waals surface area contributed by atoms with Gasteiger partial charge in [0.15, 0.2) is 5.75 Å². The fourth-order valence-electron chi connectivity index (χ4n) is 3.07. The first-order chi connectivity index (χ1) is 14.5. The van der Waals surface area contributed by atoms with Gasteiger partial charge in [-0.1, -0.05) is 38.8 Å². The monoisotopic (exact) mass is 443 g/mol. The average Bonchev–Trinajstić information content (AvgIpc) is 2.67. The maximum absolute atomic E-state index is 13.1. The third kappa shape index (κ3) is 6.08. The van der Waals surface area contributed by atoms with Crippen LogP contribution in [0.15, 0.2) is 42.2 Å². The third-order valence-corrected chi connectivity index (χ3v) is 5.14. The number of aryl methyl sites for hydroxylation is 1. The number of methoxy groups -OCH3 is 1. The van der Waals surface area contributed by atoms with Crippen LogP contribution in [0.25, 0.3) is 0 Å². The summed E-state index contributed by atoms with van der Waals surface area (Å²) in [5.41, 5.74) is 10.8. The van der Waals surface area contributed by atoms with Crippen LogP contribution in [0.2, 0.25) is 0 Å². The number of allylic oxidation sites excluding steroid dienone is 1. The first kappa shape index (κ1) is 24.4. The van der Waals surface area contributed by atoms with Gasteiger partial charge in [-0.3, -0.25) is 9.80 Å². The second-order valence-electron chi connectivity index (χ2n) is 8.40. The summed E-state index contributed by atoms with van der Waals surface area (Å²) in [6.45, 7) is 10.0. The maximum Gasteiger partial charge on any atom is 0.255 e. The van der Waals surface area contributed by atoms with Gasteiger partial charge in [0.1, 0.15) is 0 Å². The molecule has 0 aliphatic carbocycles. The first-order valence-electron chi connectivity index (χ1n) is 9.89. The topological polar surface area (TPSA) is 106 Å². The number of hydrogen-bond donors (Lipinski definition) is 4. The summed E-state index contributed by atoms with van der Waals surface area (Å²) in [5.74, 6) is 6.41. The normalized spacial score (nSPS) is 11.8. The van der Waals surface area contributed by atoms with Gasteiger partial charge in [0.05, 0.1) is 24.2 Å². The second kappa shape index (κ2) is 9.98. The van der Waals surface area contributed by atoms with Crippen LogP contribution in [-0.2, 0) is 5.41 Å². The van der Waals surface area contributed by atoms with Gasteiger partial charge in [0.25, 0.3) is 5.91 Å². The van der Waals surface area contributed by atoms with Crippen LogP contribution in [0.4, 0.5) is 17.1 Å². The number of nitrogens with zero attached hydrogens (tertiary/aromatic N) is 1. The van der Waals surface area contributed by atoms with Crippen molar-refractivity contribution in [2.45, 2.75) is 40.0 Å². The lowest BCUT2D eigenvalue weighted by atomic mass is 9.86. The van der Waals surface area contributed by atoms with E-state index in [1.54, 1.807) is 32.4 Å². The average molecular weight is 444 g/mol. The van der Waals surface area contributed by atoms with Crippen molar-refractivity contribution in [2.24, 2.45) is 11.6 Å². The number of anilines is 3. The van der Waals surface area contributed by atoms with Gasteiger partial charge in [0, 0.05) is 23.7 Å². The van der Waals surface area contributed by atoms with E-state index in [0.717, 1.165) is 16.8 Å². The molecule has 0 saturated carbocycles. The van der Waals surface area contributed by atoms with E-state index in [1.165, 1.54) is 17.0 Å². The lowest BCUT2D eigenvalue weighted by Gasteiger charge is -2.24. The number of hydrogen-bond acceptors (Lipinski definition) is 7. The van der Waals surface area contributed by atoms with Crippen LogP contribution in [0, 0.1) is 6.92 Å². The molecule has 2 aromatic rings. The van der Waals surface area contributed by atoms with Crippen LogP contribution in [0.1, 0.15) is 49.2 Å². The van der Waals surface area contributed by atoms with E-state index in [1.807, 2.05) is 31.4 Å². The number of carbonyl (C=O) groups is 1. The number of hydrazine groups is 1. The van der Waals surface area contributed by atoms with Crippen molar-refractivity contribution in [1.29, 1.82) is 0 Å². The summed E-state index contributed by atoms with van der Waals surface area (Å²) in [4.78, 5) is 13.1. The van der Waals surface area contributed by atoms with Crippen molar-refractivity contribution in [3.63, 3.8) is 0 Å². The van der Waals surface area contributed by atoms with E-state index in [-0.39, 0.29) is 11.3 Å². The lowest BCUT2D eigenvalue weighted by molar-refractivity contribution is 0.102. The van der Waals surface area contributed by atoms with Crippen LogP contribution < -0.4 is 31.4 Å². The van der Waals surface area contributed by atoms with Crippen molar-refractivity contribution >= 4 is 34.9 Å². The molecule has 2 aromatic carbocycles. The highest BCUT2D eigenvalue weighted by Crippen LogP contribution is 2.39. The van der Waals surface area contributed by atoms with E-state index >= 15 is 0 Å². The molecule has 0 bridgehead atoms. The molecule has 0 fully saturated rings. The highest BCUT2D eigenvalue weighted by atomic mass is 32.2. The molecule has 0 aromatic heterocycles. The molecule has 0 unspecified atom stereocenters. The molecular weight excluding hydrogens is 410 g/mol. The SMILES string of the molecule is COc1c(NSC)cc(C(C)(C)C)cc1NC(=O)c1ccc(C)c(N(N)/C=C(/C)N)c1. The van der Waals surface area contributed by atoms with Gasteiger partial charge in [-0.2, -0.15) is 0 Å². The molecule has 31 heavy (non-hydrogen) atoms. The Morgan fingerprint density at radius 3 is 2.39 bits per heavy atom. The summed E-state index contributed by atoms with van der Waals surface area (Å²) >= 11 is 1.46. The quantitative estimate of drug-likeness (QED) is 0.278. The summed E-state index contributed by atoms with van der Waals surface area (Å²) < 4.78 is 8.86. The fraction of sp³-hybridized carbons (Fsp3) is 0.348. The molecule has 6 N–H and O–H groups in total. The Hall–Kier alpha value is -2.84. The summed E-state index contributed by atoms with van der Waals surface area (Å²) in [5, 5.41) is 4.42. The van der Waals surface area contributed by atoms with E-state index < -0.39 is 0 Å². The van der Waals surface area contributed by atoms with Crippen LogP contribution in [0.3, 0.4) is 0 Å². The van der Waals surface area contributed by atoms with Crippen molar-refractivity contribution in [2.75, 3.05) is 28.4 Å². The Balaban J connectivity index is 2.47. The molecule has 0 aliphatic rings. The molecule has 0 radical (unpaired) electrons. The van der Waals surface area contributed by atoms with Gasteiger partial charge in [-0.25, -0.2) is 5.84 Å². The van der Waals surface area contributed by atoms with Crippen LogP contribution in [0.5, 0.6) is 5.75 Å². The molecule has 1 amide bonds. The smallest absolute Gasteiger partial charge is 0.255 e. The Bertz CT molecular complexity index is 979. The lowest BCUT2D eigenvalue weighted by Crippen LogP contribution is -2.27. The van der Waals surface area contributed by atoms with Gasteiger partial charge in [-0.05, 0) is 54.7 Å². The number of amides is 1. The van der Waals surface area contributed by atoms with Gasteiger partial charge in [0.2, 0.25) is 0 Å². The molecule has 0 aliphatic heterocycles. The standard InChI is InChI=1S/C23H33N5O2S/c1-14-8-9-16(10-20(14)28(25)13-15(2)24)22(29)26-18-11-17(23(3,4)5)12-19(27-31-7)21(18)30-6/h8-13,27H,24-25H2,1-7H3,(H,26,29)/b15-13-. The molecule has 2 rings (SSSR count). The highest BCUT2D eigenvalue weighted by Gasteiger charge is 2.21. The maximum atomic E-state index is 13.1. The van der Waals surface area contributed by atoms with Gasteiger partial charge in [-0.15, -0.1) is 0 Å². The number of benzene rings is 2. The zero-order chi connectivity index (χ0) is 23.3. The number of rotatable bonds is 7. The molecule has 0 spiro atoms. The number of nitrogens with two attached hydrogens (primary N) is 2. The van der Waals surface area contributed by atoms with Crippen LogP contribution >= 0.6 is 11.9 Å². The van der Waals surface area contributed by atoms with E-state index in [2.05, 4.69) is 30.8 Å². The Labute approximate surface area is 189 Å². The summed E-state index contributed by atoms with van der Waals surface area (Å²) in [6, 6.07) is 9.36. The molecule has 168 valence electrons. The van der Waals surface area contributed by atoms with Crippen LogP contribution in [-0.4, -0.2) is 19.3 Å². The van der Waals surface area contributed by atoms with Crippen molar-refractivity contribution in [3.8, 4) is 5.75 Å². The highest BCUT2D eigenvalue weighted by molar-refractivity contribution is 7.99. The minimum Gasteiger partial charge on any atom is -0.492 e. The number of nitrogens with one attached hydrogen (secondary N) is 2. The Morgan fingerprint density at radius 2 is 1.84 bits per heavy atom. The molecule has 0 saturated heterocycles. The fourth-order valence-corrected chi connectivity index (χ4v) is 3.44. The molecule has 8 heteroatoms. The van der Waals surface area contributed by atoms with Crippen molar-refractivity contribution in [3.05, 3.63) is 58.9 Å². The molecular formula is C23H33N5O2S. The third-order valence-electron chi connectivity index (χ3n) is 4.71. The Kier molecular flexibility index (Phi) is 7.86. The predicted molar refractivity (Wildman–Crippen MR) is 133 cm³/mol.